The van der Waals surface area contributed by atoms with Crippen molar-refractivity contribution in [3.8, 4) is 0 Å². The molecule has 1 atom stereocenters. The summed E-state index contributed by atoms with van der Waals surface area (Å²) in [6.45, 7) is 1.66. The topological polar surface area (TPSA) is 63.1 Å². The Bertz CT molecular complexity index is 654. The van der Waals surface area contributed by atoms with Gasteiger partial charge < -0.3 is 14.8 Å². The zero-order valence-electron chi connectivity index (χ0n) is 12.4. The van der Waals surface area contributed by atoms with Gasteiger partial charge >= 0.3 is 6.03 Å². The Kier molecular flexibility index (Phi) is 4.04. The second kappa shape index (κ2) is 6.13. The second-order valence-corrected chi connectivity index (χ2v) is 5.45. The molecule has 7 heteroatoms. The van der Waals surface area contributed by atoms with E-state index in [0.717, 1.165) is 18.4 Å². The number of likely N-dealkylation sites (tertiary alicyclic amines) is 1. The van der Waals surface area contributed by atoms with Gasteiger partial charge in [-0.1, -0.05) is 0 Å². The van der Waals surface area contributed by atoms with Crippen molar-refractivity contribution >= 4 is 6.03 Å². The number of hydrogen-bond acceptors (Lipinski definition) is 3. The maximum atomic E-state index is 12.8. The number of rotatable bonds is 3. The fourth-order valence-corrected chi connectivity index (χ4v) is 2.72. The van der Waals surface area contributed by atoms with Crippen LogP contribution in [0.4, 0.5) is 9.18 Å². The number of halogens is 1. The van der Waals surface area contributed by atoms with Crippen LogP contribution in [0.25, 0.3) is 0 Å². The molecule has 1 N–H and O–H groups in total. The summed E-state index contributed by atoms with van der Waals surface area (Å²) in [6, 6.07) is 2.78. The van der Waals surface area contributed by atoms with Crippen molar-refractivity contribution in [1.29, 1.82) is 0 Å². The predicted octanol–water partition coefficient (Wildman–Crippen LogP) is 1.65. The molecule has 0 spiro atoms. The van der Waals surface area contributed by atoms with Gasteiger partial charge in [-0.2, -0.15) is 0 Å². The number of urea groups is 1. The summed E-state index contributed by atoms with van der Waals surface area (Å²) in [7, 11) is 1.96. The third kappa shape index (κ3) is 3.08. The van der Waals surface area contributed by atoms with Gasteiger partial charge in [0.25, 0.3) is 0 Å². The molecular weight excluding hydrogens is 285 g/mol. The molecular formula is C15H18FN5O. The van der Waals surface area contributed by atoms with Crippen LogP contribution in [0, 0.1) is 5.82 Å². The van der Waals surface area contributed by atoms with Gasteiger partial charge in [-0.15, -0.1) is 0 Å². The number of aryl methyl sites for hydroxylation is 1. The number of hydrogen-bond donors (Lipinski definition) is 1. The molecule has 1 aliphatic rings. The number of pyridine rings is 1. The predicted molar refractivity (Wildman–Crippen MR) is 78.6 cm³/mol. The van der Waals surface area contributed by atoms with Crippen molar-refractivity contribution in [3.63, 3.8) is 0 Å². The minimum atomic E-state index is -0.382. The van der Waals surface area contributed by atoms with Crippen molar-refractivity contribution in [2.24, 2.45) is 7.05 Å². The van der Waals surface area contributed by atoms with Crippen molar-refractivity contribution < 1.29 is 9.18 Å². The van der Waals surface area contributed by atoms with E-state index in [-0.39, 0.29) is 17.8 Å². The van der Waals surface area contributed by atoms with Gasteiger partial charge in [-0.25, -0.2) is 14.2 Å². The van der Waals surface area contributed by atoms with Gasteiger partial charge in [0.1, 0.15) is 11.6 Å². The molecule has 0 saturated carbocycles. The average molecular weight is 303 g/mol. The number of carbonyl (C=O) groups is 1. The molecule has 2 amide bonds. The van der Waals surface area contributed by atoms with Gasteiger partial charge in [0.2, 0.25) is 0 Å². The number of carbonyl (C=O) groups excluding carboxylic acids is 1. The summed E-state index contributed by atoms with van der Waals surface area (Å²) in [5.41, 5.74) is 0.634. The van der Waals surface area contributed by atoms with E-state index in [1.54, 1.807) is 17.2 Å². The minimum absolute atomic E-state index is 0.122. The van der Waals surface area contributed by atoms with Crippen LogP contribution >= 0.6 is 0 Å². The molecule has 3 heterocycles. The quantitative estimate of drug-likeness (QED) is 0.938. The first-order valence-corrected chi connectivity index (χ1v) is 7.24. The largest absolute Gasteiger partial charge is 0.338 e. The fraction of sp³-hybridized carbons (Fsp3) is 0.400. The number of nitrogens with zero attached hydrogens (tertiary/aromatic N) is 4. The Morgan fingerprint density at radius 1 is 1.45 bits per heavy atom. The first-order valence-electron chi connectivity index (χ1n) is 7.24. The summed E-state index contributed by atoms with van der Waals surface area (Å²) in [6.07, 6.45) is 5.75. The van der Waals surface area contributed by atoms with E-state index in [4.69, 9.17) is 0 Å². The summed E-state index contributed by atoms with van der Waals surface area (Å²) >= 11 is 0. The molecule has 1 fully saturated rings. The molecule has 0 aromatic carbocycles. The SMILES string of the molecule is Cn1ccnc1C1CCN(C(=O)NCc2ccc(F)cn2)C1. The van der Waals surface area contributed by atoms with Crippen molar-refractivity contribution in [2.75, 3.05) is 13.1 Å². The zero-order chi connectivity index (χ0) is 15.5. The molecule has 116 valence electrons. The van der Waals surface area contributed by atoms with E-state index in [9.17, 15) is 9.18 Å². The van der Waals surface area contributed by atoms with Crippen molar-refractivity contribution in [3.05, 3.63) is 48.1 Å². The molecule has 0 bridgehead atoms. The van der Waals surface area contributed by atoms with E-state index >= 15 is 0 Å². The fourth-order valence-electron chi connectivity index (χ4n) is 2.72. The molecule has 1 aliphatic heterocycles. The highest BCUT2D eigenvalue weighted by Crippen LogP contribution is 2.25. The first kappa shape index (κ1) is 14.5. The standard InChI is InChI=1S/C15H18FN5O/c1-20-7-5-17-14(20)11-4-6-21(10-11)15(22)19-9-13-3-2-12(16)8-18-13/h2-3,5,7-8,11H,4,6,9-10H2,1H3,(H,19,22). The molecule has 1 unspecified atom stereocenters. The van der Waals surface area contributed by atoms with Crippen molar-refractivity contribution in [2.45, 2.75) is 18.9 Å². The van der Waals surface area contributed by atoms with E-state index in [1.807, 2.05) is 17.8 Å². The number of imidazole rings is 1. The van der Waals surface area contributed by atoms with Gasteiger partial charge in [0, 0.05) is 38.4 Å². The van der Waals surface area contributed by atoms with E-state index < -0.39 is 0 Å². The molecule has 1 saturated heterocycles. The third-order valence-corrected chi connectivity index (χ3v) is 3.91. The van der Waals surface area contributed by atoms with Crippen LogP contribution < -0.4 is 5.32 Å². The Morgan fingerprint density at radius 3 is 3.00 bits per heavy atom. The van der Waals surface area contributed by atoms with Crippen LogP contribution in [0.5, 0.6) is 0 Å². The van der Waals surface area contributed by atoms with Gasteiger partial charge in [0.05, 0.1) is 18.4 Å². The van der Waals surface area contributed by atoms with Gasteiger partial charge in [-0.05, 0) is 18.6 Å². The van der Waals surface area contributed by atoms with E-state index in [2.05, 4.69) is 15.3 Å². The molecule has 2 aromatic heterocycles. The molecule has 2 aromatic rings. The Balaban J connectivity index is 1.53. The van der Waals surface area contributed by atoms with Crippen molar-refractivity contribution in [1.82, 2.24) is 24.8 Å². The number of aromatic nitrogens is 3. The van der Waals surface area contributed by atoms with Crippen LogP contribution in [0.3, 0.4) is 0 Å². The number of nitrogens with one attached hydrogen (secondary N) is 1. The highest BCUT2D eigenvalue weighted by atomic mass is 19.1. The molecule has 0 aliphatic carbocycles. The minimum Gasteiger partial charge on any atom is -0.338 e. The lowest BCUT2D eigenvalue weighted by Crippen LogP contribution is -2.38. The van der Waals surface area contributed by atoms with Gasteiger partial charge in [-0.3, -0.25) is 4.98 Å². The molecule has 22 heavy (non-hydrogen) atoms. The highest BCUT2D eigenvalue weighted by molar-refractivity contribution is 5.74. The third-order valence-electron chi connectivity index (χ3n) is 3.91. The van der Waals surface area contributed by atoms with Crippen LogP contribution in [-0.4, -0.2) is 38.6 Å². The van der Waals surface area contributed by atoms with Crippen LogP contribution in [-0.2, 0) is 13.6 Å². The van der Waals surface area contributed by atoms with Gasteiger partial charge in [0.15, 0.2) is 0 Å². The van der Waals surface area contributed by atoms with Crippen LogP contribution in [0.15, 0.2) is 30.7 Å². The Hall–Kier alpha value is -2.44. The zero-order valence-corrected chi connectivity index (χ0v) is 12.4. The maximum absolute atomic E-state index is 12.8. The number of amides is 2. The summed E-state index contributed by atoms with van der Waals surface area (Å²) in [5.74, 6) is 0.901. The Labute approximate surface area is 128 Å². The normalized spacial score (nSPS) is 17.7. The molecule has 0 radical (unpaired) electrons. The lowest BCUT2D eigenvalue weighted by molar-refractivity contribution is 0.207. The summed E-state index contributed by atoms with van der Waals surface area (Å²) < 4.78 is 14.8. The van der Waals surface area contributed by atoms with Crippen LogP contribution in [0.1, 0.15) is 23.9 Å². The van der Waals surface area contributed by atoms with E-state index in [0.29, 0.717) is 25.3 Å². The summed E-state index contributed by atoms with van der Waals surface area (Å²) in [4.78, 5) is 22.2. The Morgan fingerprint density at radius 2 is 2.32 bits per heavy atom. The molecule has 3 rings (SSSR count). The smallest absolute Gasteiger partial charge is 0.317 e. The first-order chi connectivity index (χ1) is 10.6. The highest BCUT2D eigenvalue weighted by Gasteiger charge is 2.29. The van der Waals surface area contributed by atoms with E-state index in [1.165, 1.54) is 6.07 Å². The monoisotopic (exact) mass is 303 g/mol. The van der Waals surface area contributed by atoms with Crippen LogP contribution in [0.2, 0.25) is 0 Å². The maximum Gasteiger partial charge on any atom is 0.317 e. The lowest BCUT2D eigenvalue weighted by atomic mass is 10.1. The summed E-state index contributed by atoms with van der Waals surface area (Å²) in [5, 5.41) is 2.82. The lowest BCUT2D eigenvalue weighted by Gasteiger charge is -2.17. The second-order valence-electron chi connectivity index (χ2n) is 5.45. The average Bonchev–Trinajstić information content (AvgIpc) is 3.15. The molecule has 6 nitrogen and oxygen atoms in total.